The van der Waals surface area contributed by atoms with Gasteiger partial charge in [0.25, 0.3) is 0 Å². The van der Waals surface area contributed by atoms with Crippen LogP contribution in [0.15, 0.2) is 42.5 Å². The minimum atomic E-state index is 0.593. The van der Waals surface area contributed by atoms with E-state index in [-0.39, 0.29) is 0 Å². The number of aryl methyl sites for hydroxylation is 3. The van der Waals surface area contributed by atoms with Gasteiger partial charge >= 0.3 is 0 Å². The Morgan fingerprint density at radius 2 is 1.70 bits per heavy atom. The predicted molar refractivity (Wildman–Crippen MR) is 111 cm³/mol. The second kappa shape index (κ2) is 6.83. The van der Waals surface area contributed by atoms with Gasteiger partial charge in [-0.15, -0.1) is 0 Å². The summed E-state index contributed by atoms with van der Waals surface area (Å²) in [6.45, 7) is 5.89. The highest BCUT2D eigenvalue weighted by Crippen LogP contribution is 2.28. The summed E-state index contributed by atoms with van der Waals surface area (Å²) in [5.41, 5.74) is 5.16. The highest BCUT2D eigenvalue weighted by atomic mass is 35.5. The molecule has 0 saturated carbocycles. The van der Waals surface area contributed by atoms with Crippen molar-refractivity contribution in [1.29, 1.82) is 0 Å². The fourth-order valence-electron chi connectivity index (χ4n) is 2.90. The molecule has 5 nitrogen and oxygen atoms in total. The number of anilines is 2. The zero-order valence-electron chi connectivity index (χ0n) is 15.1. The summed E-state index contributed by atoms with van der Waals surface area (Å²) in [7, 11) is 0. The van der Waals surface area contributed by atoms with Crippen molar-refractivity contribution in [2.24, 2.45) is 0 Å². The zero-order valence-corrected chi connectivity index (χ0v) is 16.6. The molecule has 2 heterocycles. The van der Waals surface area contributed by atoms with Gasteiger partial charge in [0.1, 0.15) is 0 Å². The predicted octanol–water partition coefficient (Wildman–Crippen LogP) is 5.79. The summed E-state index contributed by atoms with van der Waals surface area (Å²) in [5, 5.41) is 9.19. The maximum absolute atomic E-state index is 6.27. The maximum atomic E-state index is 6.27. The van der Waals surface area contributed by atoms with Crippen LogP contribution < -0.4 is 5.32 Å². The van der Waals surface area contributed by atoms with Gasteiger partial charge in [0, 0.05) is 21.4 Å². The number of hydrogen-bond donors (Lipinski definition) is 1. The van der Waals surface area contributed by atoms with E-state index in [4.69, 9.17) is 33.2 Å². The highest BCUT2D eigenvalue weighted by molar-refractivity contribution is 6.31. The quantitative estimate of drug-likeness (QED) is 0.475. The number of halogens is 2. The standard InChI is InChI=1S/C20H17Cl2N5/c1-11-4-6-15(10-16(11)22)23-19-20(27-13(3)8-12(2)26-27)25-18-9-14(21)5-7-17(18)24-19/h4-10H,1-3H3,(H,23,24). The summed E-state index contributed by atoms with van der Waals surface area (Å²) in [6, 6.07) is 13.2. The third-order valence-electron chi connectivity index (χ3n) is 4.25. The highest BCUT2D eigenvalue weighted by Gasteiger charge is 2.15. The van der Waals surface area contributed by atoms with E-state index < -0.39 is 0 Å². The molecule has 2 aromatic carbocycles. The smallest absolute Gasteiger partial charge is 0.197 e. The van der Waals surface area contributed by atoms with Crippen molar-refractivity contribution in [3.8, 4) is 5.82 Å². The maximum Gasteiger partial charge on any atom is 0.197 e. The Kier molecular flexibility index (Phi) is 4.50. The van der Waals surface area contributed by atoms with Crippen LogP contribution in [0.4, 0.5) is 11.5 Å². The minimum absolute atomic E-state index is 0.593. The SMILES string of the molecule is Cc1cc(C)n(-c2nc3cc(Cl)ccc3nc2Nc2ccc(C)c(Cl)c2)n1. The topological polar surface area (TPSA) is 55.6 Å². The molecule has 0 bridgehead atoms. The first kappa shape index (κ1) is 17.8. The van der Waals surface area contributed by atoms with Gasteiger partial charge in [-0.05, 0) is 62.7 Å². The third-order valence-corrected chi connectivity index (χ3v) is 4.89. The fraction of sp³-hybridized carbons (Fsp3) is 0.150. The van der Waals surface area contributed by atoms with E-state index in [2.05, 4.69) is 10.4 Å². The van der Waals surface area contributed by atoms with Gasteiger partial charge in [-0.1, -0.05) is 29.3 Å². The Bertz CT molecular complexity index is 1170. The third kappa shape index (κ3) is 3.48. The van der Waals surface area contributed by atoms with E-state index in [1.165, 1.54) is 0 Å². The average molecular weight is 398 g/mol. The molecule has 7 heteroatoms. The lowest BCUT2D eigenvalue weighted by Crippen LogP contribution is -2.08. The summed E-state index contributed by atoms with van der Waals surface area (Å²) in [4.78, 5) is 9.53. The Hall–Kier alpha value is -2.63. The van der Waals surface area contributed by atoms with Crippen molar-refractivity contribution in [2.75, 3.05) is 5.32 Å². The summed E-state index contributed by atoms with van der Waals surface area (Å²) in [5.74, 6) is 1.20. The van der Waals surface area contributed by atoms with Crippen LogP contribution >= 0.6 is 23.2 Å². The second-order valence-electron chi connectivity index (χ2n) is 6.46. The Labute approximate surface area is 167 Å². The number of nitrogens with zero attached hydrogens (tertiary/aromatic N) is 4. The number of nitrogens with one attached hydrogen (secondary N) is 1. The molecular weight excluding hydrogens is 381 g/mol. The number of aromatic nitrogens is 4. The molecule has 4 rings (SSSR count). The van der Waals surface area contributed by atoms with Crippen molar-refractivity contribution in [3.63, 3.8) is 0 Å². The van der Waals surface area contributed by atoms with Crippen LogP contribution in [0, 0.1) is 20.8 Å². The van der Waals surface area contributed by atoms with E-state index in [1.54, 1.807) is 16.8 Å². The van der Waals surface area contributed by atoms with Crippen LogP contribution in [-0.4, -0.2) is 19.7 Å². The molecule has 2 aromatic heterocycles. The molecule has 0 aliphatic carbocycles. The van der Waals surface area contributed by atoms with Crippen molar-refractivity contribution >= 4 is 45.7 Å². The first-order valence-electron chi connectivity index (χ1n) is 8.45. The Morgan fingerprint density at radius 3 is 2.41 bits per heavy atom. The zero-order chi connectivity index (χ0) is 19.1. The lowest BCUT2D eigenvalue weighted by molar-refractivity contribution is 0.808. The van der Waals surface area contributed by atoms with Gasteiger partial charge in [0.05, 0.1) is 16.7 Å². The van der Waals surface area contributed by atoms with E-state index >= 15 is 0 Å². The first-order valence-corrected chi connectivity index (χ1v) is 9.20. The van der Waals surface area contributed by atoms with Gasteiger partial charge in [0.15, 0.2) is 11.6 Å². The van der Waals surface area contributed by atoms with Crippen LogP contribution in [0.25, 0.3) is 16.9 Å². The van der Waals surface area contributed by atoms with Gasteiger partial charge < -0.3 is 5.32 Å². The Balaban J connectivity index is 1.91. The largest absolute Gasteiger partial charge is 0.337 e. The minimum Gasteiger partial charge on any atom is -0.337 e. The van der Waals surface area contributed by atoms with Crippen LogP contribution in [-0.2, 0) is 0 Å². The number of fused-ring (bicyclic) bond motifs is 1. The van der Waals surface area contributed by atoms with Crippen molar-refractivity contribution in [1.82, 2.24) is 19.7 Å². The molecule has 1 N–H and O–H groups in total. The van der Waals surface area contributed by atoms with Crippen LogP contribution in [0.3, 0.4) is 0 Å². The van der Waals surface area contributed by atoms with Crippen LogP contribution in [0.2, 0.25) is 10.0 Å². The Morgan fingerprint density at radius 1 is 0.889 bits per heavy atom. The van der Waals surface area contributed by atoms with Gasteiger partial charge in [-0.3, -0.25) is 0 Å². The van der Waals surface area contributed by atoms with Gasteiger partial charge in [-0.25, -0.2) is 14.6 Å². The van der Waals surface area contributed by atoms with Crippen LogP contribution in [0.1, 0.15) is 17.0 Å². The lowest BCUT2D eigenvalue weighted by Gasteiger charge is -2.13. The van der Waals surface area contributed by atoms with Crippen molar-refractivity contribution < 1.29 is 0 Å². The number of rotatable bonds is 3. The molecule has 27 heavy (non-hydrogen) atoms. The lowest BCUT2D eigenvalue weighted by atomic mass is 10.2. The molecular formula is C20H17Cl2N5. The fourth-order valence-corrected chi connectivity index (χ4v) is 3.25. The molecule has 4 aromatic rings. The molecule has 0 radical (unpaired) electrons. The van der Waals surface area contributed by atoms with Gasteiger partial charge in [-0.2, -0.15) is 5.10 Å². The molecule has 0 aliphatic heterocycles. The van der Waals surface area contributed by atoms with E-state index in [0.717, 1.165) is 28.2 Å². The molecule has 0 aliphatic rings. The van der Waals surface area contributed by atoms with Crippen LogP contribution in [0.5, 0.6) is 0 Å². The van der Waals surface area contributed by atoms with E-state index in [0.29, 0.717) is 27.2 Å². The second-order valence-corrected chi connectivity index (χ2v) is 7.30. The average Bonchev–Trinajstić information content (AvgIpc) is 2.96. The molecule has 0 atom stereocenters. The van der Waals surface area contributed by atoms with Crippen molar-refractivity contribution in [3.05, 3.63) is 69.5 Å². The first-order chi connectivity index (χ1) is 12.9. The molecule has 0 spiro atoms. The number of hydrogen-bond acceptors (Lipinski definition) is 4. The van der Waals surface area contributed by atoms with Gasteiger partial charge in [0.2, 0.25) is 0 Å². The van der Waals surface area contributed by atoms with Crippen molar-refractivity contribution in [2.45, 2.75) is 20.8 Å². The molecule has 0 unspecified atom stereocenters. The molecule has 0 fully saturated rings. The molecule has 0 amide bonds. The van der Waals surface area contributed by atoms with E-state index in [1.807, 2.05) is 51.1 Å². The summed E-state index contributed by atoms with van der Waals surface area (Å²) in [6.07, 6.45) is 0. The monoisotopic (exact) mass is 397 g/mol. The molecule has 0 saturated heterocycles. The summed E-state index contributed by atoms with van der Waals surface area (Å²) < 4.78 is 1.78. The normalized spacial score (nSPS) is 11.1. The molecule has 136 valence electrons. The summed E-state index contributed by atoms with van der Waals surface area (Å²) >= 11 is 12.4. The number of benzene rings is 2. The van der Waals surface area contributed by atoms with E-state index in [9.17, 15) is 0 Å².